The van der Waals surface area contributed by atoms with Crippen molar-refractivity contribution in [3.05, 3.63) is 54.6 Å². The van der Waals surface area contributed by atoms with Gasteiger partial charge in [0.1, 0.15) is 16.5 Å². The first-order chi connectivity index (χ1) is 13.9. The zero-order valence-electron chi connectivity index (χ0n) is 15.9. The smallest absolute Gasteiger partial charge is 0.350 e. The fourth-order valence-electron chi connectivity index (χ4n) is 2.96. The third kappa shape index (κ3) is 3.32. The summed E-state index contributed by atoms with van der Waals surface area (Å²) in [5.41, 5.74) is 1.31. The number of carbonyl (C=O) groups is 1. The zero-order chi connectivity index (χ0) is 20.7. The molecule has 0 radical (unpaired) electrons. The zero-order valence-corrected chi connectivity index (χ0v) is 17.5. The number of rotatable bonds is 5. The normalized spacial score (nSPS) is 11.3. The predicted molar refractivity (Wildman–Crippen MR) is 111 cm³/mol. The molecule has 0 bridgehead atoms. The van der Waals surface area contributed by atoms with Crippen LogP contribution in [0.4, 0.5) is 0 Å². The van der Waals surface area contributed by atoms with Crippen LogP contribution in [0.2, 0.25) is 0 Å². The SMILES string of the molecule is Cc1nc(-c2ccsc2)sc1C(=O)OCCn1cnc2c1c(=O)n(C)c(=O)n2C. The van der Waals surface area contributed by atoms with Crippen molar-refractivity contribution in [3.63, 3.8) is 0 Å². The van der Waals surface area contributed by atoms with Gasteiger partial charge in [-0.15, -0.1) is 11.3 Å². The van der Waals surface area contributed by atoms with Crippen molar-refractivity contribution in [1.29, 1.82) is 0 Å². The summed E-state index contributed by atoms with van der Waals surface area (Å²) in [7, 11) is 2.97. The van der Waals surface area contributed by atoms with E-state index in [1.54, 1.807) is 29.9 Å². The van der Waals surface area contributed by atoms with Gasteiger partial charge in [-0.05, 0) is 18.4 Å². The Morgan fingerprint density at radius 2 is 2.03 bits per heavy atom. The Balaban J connectivity index is 1.51. The number of esters is 1. The standard InChI is InChI=1S/C18H17N5O4S2/c1-10-13(29-15(20-10)11-4-7-28-8-11)17(25)27-6-5-23-9-19-14-12(23)16(24)22(3)18(26)21(14)2/h4,7-9H,5-6H2,1-3H3. The summed E-state index contributed by atoms with van der Waals surface area (Å²) in [6, 6.07) is 1.95. The molecule has 0 saturated heterocycles. The maximum Gasteiger partial charge on any atom is 0.350 e. The third-order valence-corrected chi connectivity index (χ3v) is 6.40. The molecule has 4 rings (SSSR count). The average Bonchev–Trinajstić information content (AvgIpc) is 3.44. The molecule has 0 aliphatic heterocycles. The second kappa shape index (κ2) is 7.41. The second-order valence-electron chi connectivity index (χ2n) is 6.40. The molecule has 0 atom stereocenters. The average molecular weight is 431 g/mol. The highest BCUT2D eigenvalue weighted by molar-refractivity contribution is 7.17. The highest BCUT2D eigenvalue weighted by atomic mass is 32.1. The Labute approximate surface area is 172 Å². The Hall–Kier alpha value is -3.05. The number of ether oxygens (including phenoxy) is 1. The molecule has 0 saturated carbocycles. The molecule has 0 amide bonds. The maximum atomic E-state index is 12.5. The molecule has 29 heavy (non-hydrogen) atoms. The van der Waals surface area contributed by atoms with Gasteiger partial charge >= 0.3 is 11.7 Å². The van der Waals surface area contributed by atoms with E-state index in [-0.39, 0.29) is 13.2 Å². The van der Waals surface area contributed by atoms with Crippen LogP contribution in [0.15, 0.2) is 32.7 Å². The van der Waals surface area contributed by atoms with Crippen LogP contribution in [0.3, 0.4) is 0 Å². The Morgan fingerprint density at radius 1 is 1.24 bits per heavy atom. The molecule has 0 fully saturated rings. The van der Waals surface area contributed by atoms with E-state index in [0.29, 0.717) is 21.7 Å². The molecule has 11 heteroatoms. The van der Waals surface area contributed by atoms with Crippen molar-refractivity contribution >= 4 is 39.8 Å². The molecule has 0 unspecified atom stereocenters. The van der Waals surface area contributed by atoms with Crippen LogP contribution in [0.1, 0.15) is 15.4 Å². The minimum absolute atomic E-state index is 0.0570. The van der Waals surface area contributed by atoms with Crippen LogP contribution in [0.25, 0.3) is 21.7 Å². The van der Waals surface area contributed by atoms with E-state index in [0.717, 1.165) is 15.1 Å². The third-order valence-electron chi connectivity index (χ3n) is 4.53. The number of aromatic nitrogens is 5. The van der Waals surface area contributed by atoms with Crippen LogP contribution in [0.5, 0.6) is 0 Å². The van der Waals surface area contributed by atoms with Crippen molar-refractivity contribution in [2.75, 3.05) is 6.61 Å². The number of nitrogens with zero attached hydrogens (tertiary/aromatic N) is 5. The van der Waals surface area contributed by atoms with E-state index >= 15 is 0 Å². The summed E-state index contributed by atoms with van der Waals surface area (Å²) < 4.78 is 9.32. The number of carbonyl (C=O) groups excluding carboxylic acids is 1. The van der Waals surface area contributed by atoms with Gasteiger partial charge in [-0.1, -0.05) is 0 Å². The number of aryl methyl sites for hydroxylation is 2. The summed E-state index contributed by atoms with van der Waals surface area (Å²) in [5.74, 6) is -0.453. The van der Waals surface area contributed by atoms with Crippen LogP contribution >= 0.6 is 22.7 Å². The van der Waals surface area contributed by atoms with Crippen LogP contribution in [-0.4, -0.2) is 36.2 Å². The molecule has 4 aromatic heterocycles. The van der Waals surface area contributed by atoms with E-state index in [2.05, 4.69) is 9.97 Å². The van der Waals surface area contributed by atoms with Crippen molar-refractivity contribution in [1.82, 2.24) is 23.7 Å². The summed E-state index contributed by atoms with van der Waals surface area (Å²) in [4.78, 5) is 46.0. The monoisotopic (exact) mass is 431 g/mol. The summed E-state index contributed by atoms with van der Waals surface area (Å²) in [6.45, 7) is 2.07. The van der Waals surface area contributed by atoms with Gasteiger partial charge in [-0.3, -0.25) is 13.9 Å². The van der Waals surface area contributed by atoms with E-state index in [9.17, 15) is 14.4 Å². The predicted octanol–water partition coefficient (Wildman–Crippen LogP) is 1.78. The largest absolute Gasteiger partial charge is 0.460 e. The first kappa shape index (κ1) is 19.3. The topological polar surface area (TPSA) is 101 Å². The summed E-state index contributed by atoms with van der Waals surface area (Å²) in [6.07, 6.45) is 1.46. The number of fused-ring (bicyclic) bond motifs is 1. The van der Waals surface area contributed by atoms with Gasteiger partial charge in [0.15, 0.2) is 11.2 Å². The number of hydrogen-bond donors (Lipinski definition) is 0. The Kier molecular flexibility index (Phi) is 4.92. The van der Waals surface area contributed by atoms with Gasteiger partial charge in [0.05, 0.1) is 18.6 Å². The van der Waals surface area contributed by atoms with Crippen LogP contribution in [-0.2, 0) is 25.4 Å². The summed E-state index contributed by atoms with van der Waals surface area (Å²) in [5, 5.41) is 4.71. The van der Waals surface area contributed by atoms with Crippen molar-refractivity contribution < 1.29 is 9.53 Å². The van der Waals surface area contributed by atoms with E-state index in [4.69, 9.17) is 4.74 Å². The molecule has 4 heterocycles. The first-order valence-corrected chi connectivity index (χ1v) is 10.4. The molecule has 0 N–H and O–H groups in total. The molecule has 9 nitrogen and oxygen atoms in total. The van der Waals surface area contributed by atoms with Gasteiger partial charge in [0.25, 0.3) is 5.56 Å². The van der Waals surface area contributed by atoms with E-state index in [1.807, 2.05) is 16.8 Å². The van der Waals surface area contributed by atoms with Crippen molar-refractivity contribution in [2.24, 2.45) is 14.1 Å². The number of thiazole rings is 1. The number of hydrogen-bond acceptors (Lipinski definition) is 8. The van der Waals surface area contributed by atoms with E-state index in [1.165, 1.54) is 29.3 Å². The minimum Gasteiger partial charge on any atom is -0.460 e. The summed E-state index contributed by atoms with van der Waals surface area (Å²) >= 11 is 2.86. The van der Waals surface area contributed by atoms with Gasteiger partial charge in [0.2, 0.25) is 0 Å². The lowest BCUT2D eigenvalue weighted by Gasteiger charge is -2.07. The van der Waals surface area contributed by atoms with Crippen LogP contribution in [0, 0.1) is 6.92 Å². The fourth-order valence-corrected chi connectivity index (χ4v) is 4.64. The van der Waals surface area contributed by atoms with Crippen molar-refractivity contribution in [2.45, 2.75) is 13.5 Å². The van der Waals surface area contributed by atoms with Gasteiger partial charge in [0, 0.05) is 25.0 Å². The molecular weight excluding hydrogens is 414 g/mol. The van der Waals surface area contributed by atoms with Gasteiger partial charge in [-0.2, -0.15) is 11.3 Å². The highest BCUT2D eigenvalue weighted by Gasteiger charge is 2.19. The number of thiophene rings is 1. The highest BCUT2D eigenvalue weighted by Crippen LogP contribution is 2.29. The first-order valence-electron chi connectivity index (χ1n) is 8.66. The Bertz CT molecular complexity index is 1330. The lowest BCUT2D eigenvalue weighted by Crippen LogP contribution is -2.37. The molecule has 0 aliphatic carbocycles. The van der Waals surface area contributed by atoms with Crippen LogP contribution < -0.4 is 11.2 Å². The Morgan fingerprint density at radius 3 is 2.76 bits per heavy atom. The van der Waals surface area contributed by atoms with Gasteiger partial charge in [-0.25, -0.2) is 19.6 Å². The molecule has 0 aromatic carbocycles. The quantitative estimate of drug-likeness (QED) is 0.447. The lowest BCUT2D eigenvalue weighted by molar-refractivity contribution is 0.0497. The minimum atomic E-state index is -0.453. The maximum absolute atomic E-state index is 12.5. The molecule has 0 aliphatic rings. The molecule has 150 valence electrons. The van der Waals surface area contributed by atoms with E-state index < -0.39 is 17.2 Å². The molecular formula is C18H17N5O4S2. The molecule has 4 aromatic rings. The molecule has 0 spiro atoms. The lowest BCUT2D eigenvalue weighted by atomic mass is 10.3. The second-order valence-corrected chi connectivity index (χ2v) is 8.18. The van der Waals surface area contributed by atoms with Gasteiger partial charge < -0.3 is 9.30 Å². The fraction of sp³-hybridized carbons (Fsp3) is 0.278. The van der Waals surface area contributed by atoms with Crippen molar-refractivity contribution in [3.8, 4) is 10.6 Å². The number of imidazole rings is 1.